The second-order valence-corrected chi connectivity index (χ2v) is 9.00. The van der Waals surface area contributed by atoms with E-state index in [1.165, 1.54) is 0 Å². The number of nitrogen functional groups attached to an aromatic ring is 1. The number of pyridine rings is 1. The highest BCUT2D eigenvalue weighted by atomic mass is 79.9. The molecule has 0 spiro atoms. The van der Waals surface area contributed by atoms with Gasteiger partial charge >= 0.3 is 0 Å². The lowest BCUT2D eigenvalue weighted by Gasteiger charge is -2.09. The third-order valence-corrected chi connectivity index (χ3v) is 6.39. The molecule has 5 N–H and O–H groups in total. The van der Waals surface area contributed by atoms with Gasteiger partial charge in [-0.3, -0.25) is 14.6 Å². The van der Waals surface area contributed by atoms with E-state index in [0.29, 0.717) is 29.8 Å². The van der Waals surface area contributed by atoms with Crippen molar-refractivity contribution in [2.75, 3.05) is 12.3 Å². The molecule has 35 heavy (non-hydrogen) atoms. The number of aromatic nitrogens is 3. The summed E-state index contributed by atoms with van der Waals surface area (Å²) in [6.07, 6.45) is 4.21. The van der Waals surface area contributed by atoms with Gasteiger partial charge in [0.2, 0.25) is 5.78 Å². The highest BCUT2D eigenvalue weighted by molar-refractivity contribution is 9.10. The van der Waals surface area contributed by atoms with E-state index in [1.54, 1.807) is 48.7 Å². The molecule has 7 nitrogen and oxygen atoms in total. The molecule has 2 aromatic carbocycles. The maximum atomic E-state index is 13.4. The van der Waals surface area contributed by atoms with E-state index in [-0.39, 0.29) is 28.8 Å². The predicted molar refractivity (Wildman–Crippen MR) is 140 cm³/mol. The normalized spacial score (nSPS) is 11.0. The lowest BCUT2D eigenvalue weighted by atomic mass is 9.99. The lowest BCUT2D eigenvalue weighted by Crippen LogP contribution is -2.26. The van der Waals surface area contributed by atoms with Crippen LogP contribution in [0.5, 0.6) is 0 Å². The number of nitrogens with one attached hydrogen (secondary N) is 3. The fourth-order valence-corrected chi connectivity index (χ4v) is 4.44. The van der Waals surface area contributed by atoms with E-state index in [2.05, 4.69) is 36.2 Å². The second kappa shape index (κ2) is 9.60. The van der Waals surface area contributed by atoms with Crippen molar-refractivity contribution in [3.05, 3.63) is 106 Å². The smallest absolute Gasteiger partial charge is 0.255 e. The Morgan fingerprint density at radius 2 is 1.77 bits per heavy atom. The number of aromatic amines is 2. The molecule has 0 atom stereocenters. The summed E-state index contributed by atoms with van der Waals surface area (Å²) in [7, 11) is 0. The molecule has 0 fully saturated rings. The number of nitrogens with two attached hydrogens (primary N) is 1. The third kappa shape index (κ3) is 4.48. The first-order chi connectivity index (χ1) is 17.0. The summed E-state index contributed by atoms with van der Waals surface area (Å²) in [5.41, 5.74) is 10.2. The minimum atomic E-state index is -0.367. The Bertz CT molecular complexity index is 1520. The van der Waals surface area contributed by atoms with Gasteiger partial charge in [-0.25, -0.2) is 0 Å². The summed E-state index contributed by atoms with van der Waals surface area (Å²) in [6.45, 7) is 0.406. The van der Waals surface area contributed by atoms with Gasteiger partial charge in [0.1, 0.15) is 5.82 Å². The van der Waals surface area contributed by atoms with E-state index in [1.807, 2.05) is 30.5 Å². The number of halogens is 1. The van der Waals surface area contributed by atoms with Crippen LogP contribution in [0.1, 0.15) is 32.0 Å². The Morgan fingerprint density at radius 1 is 1.00 bits per heavy atom. The minimum absolute atomic E-state index is 0.121. The molecular weight excluding hydrogens is 506 g/mol. The fourth-order valence-electron chi connectivity index (χ4n) is 4.18. The number of hydrogen-bond acceptors (Lipinski definition) is 4. The number of H-pyrrole nitrogens is 2. The first kappa shape index (κ1) is 22.6. The van der Waals surface area contributed by atoms with E-state index in [0.717, 1.165) is 20.9 Å². The van der Waals surface area contributed by atoms with Crippen molar-refractivity contribution in [1.29, 1.82) is 0 Å². The fraction of sp³-hybridized carbons (Fsp3) is 0.0741. The zero-order valence-corrected chi connectivity index (χ0v) is 20.2. The Kier molecular flexibility index (Phi) is 6.20. The van der Waals surface area contributed by atoms with Crippen LogP contribution in [0.15, 0.2) is 83.6 Å². The topological polar surface area (TPSA) is 117 Å². The Labute approximate surface area is 209 Å². The quantitative estimate of drug-likeness (QED) is 0.220. The number of benzene rings is 2. The summed E-state index contributed by atoms with van der Waals surface area (Å²) in [6, 6.07) is 20.4. The molecule has 0 saturated heterocycles. The van der Waals surface area contributed by atoms with Crippen molar-refractivity contribution in [3.63, 3.8) is 0 Å². The van der Waals surface area contributed by atoms with Crippen molar-refractivity contribution in [1.82, 2.24) is 20.3 Å². The highest BCUT2D eigenvalue weighted by Gasteiger charge is 2.27. The van der Waals surface area contributed by atoms with Gasteiger partial charge in [-0.05, 0) is 54.4 Å². The SMILES string of the molecule is Nc1[nH]c(C(=O)c2ccc(Br)cc2)c(-c2ccccn2)c1C(=O)NCCc1c[nH]c2ccccc12. The lowest BCUT2D eigenvalue weighted by molar-refractivity contribution is 0.0955. The number of ketones is 1. The zero-order valence-electron chi connectivity index (χ0n) is 18.6. The number of anilines is 1. The molecule has 0 radical (unpaired) electrons. The van der Waals surface area contributed by atoms with Crippen LogP contribution in [-0.2, 0) is 6.42 Å². The molecule has 0 saturated carbocycles. The first-order valence-corrected chi connectivity index (χ1v) is 11.9. The van der Waals surface area contributed by atoms with Gasteiger partial charge in [0.25, 0.3) is 5.91 Å². The largest absolute Gasteiger partial charge is 0.385 e. The van der Waals surface area contributed by atoms with Crippen LogP contribution in [0.25, 0.3) is 22.2 Å². The molecule has 3 heterocycles. The molecule has 5 rings (SSSR count). The van der Waals surface area contributed by atoms with Crippen molar-refractivity contribution < 1.29 is 9.59 Å². The number of amides is 1. The van der Waals surface area contributed by atoms with Crippen LogP contribution in [0.3, 0.4) is 0 Å². The molecule has 0 bridgehead atoms. The average Bonchev–Trinajstić information content (AvgIpc) is 3.45. The van der Waals surface area contributed by atoms with E-state index in [9.17, 15) is 9.59 Å². The van der Waals surface area contributed by atoms with Gasteiger partial charge in [0.15, 0.2) is 0 Å². The zero-order chi connectivity index (χ0) is 24.4. The van der Waals surface area contributed by atoms with Crippen molar-refractivity contribution in [3.8, 4) is 11.3 Å². The molecule has 0 aliphatic carbocycles. The van der Waals surface area contributed by atoms with Gasteiger partial charge in [-0.2, -0.15) is 0 Å². The number of fused-ring (bicyclic) bond motifs is 1. The summed E-state index contributed by atoms with van der Waals surface area (Å²) >= 11 is 3.38. The van der Waals surface area contributed by atoms with Crippen molar-refractivity contribution in [2.45, 2.75) is 6.42 Å². The van der Waals surface area contributed by atoms with Gasteiger partial charge in [-0.15, -0.1) is 0 Å². The first-order valence-electron chi connectivity index (χ1n) is 11.1. The number of para-hydroxylation sites is 1. The van der Waals surface area contributed by atoms with Crippen LogP contribution >= 0.6 is 15.9 Å². The molecule has 5 aromatic rings. The Morgan fingerprint density at radius 3 is 2.54 bits per heavy atom. The van der Waals surface area contributed by atoms with E-state index < -0.39 is 0 Å². The molecule has 0 aliphatic heterocycles. The minimum Gasteiger partial charge on any atom is -0.385 e. The Balaban J connectivity index is 1.45. The monoisotopic (exact) mass is 527 g/mol. The van der Waals surface area contributed by atoms with Gasteiger partial charge < -0.3 is 21.0 Å². The summed E-state index contributed by atoms with van der Waals surface area (Å²) < 4.78 is 0.861. The molecule has 174 valence electrons. The van der Waals surface area contributed by atoms with Crippen molar-refractivity contribution >= 4 is 44.3 Å². The van der Waals surface area contributed by atoms with Crippen molar-refractivity contribution in [2.24, 2.45) is 0 Å². The molecule has 8 heteroatoms. The number of hydrogen-bond donors (Lipinski definition) is 4. The highest BCUT2D eigenvalue weighted by Crippen LogP contribution is 2.32. The van der Waals surface area contributed by atoms with Crippen LogP contribution < -0.4 is 11.1 Å². The maximum absolute atomic E-state index is 13.4. The standard InChI is InChI=1S/C27H22BrN5O2/c28-18-10-8-16(9-11-18)25(34)24-22(21-7-3-4-13-30-21)23(26(29)33-24)27(35)31-14-12-17-15-32-20-6-2-1-5-19(17)20/h1-11,13,15,32-33H,12,14,29H2,(H,31,35). The number of carbonyl (C=O) groups excluding carboxylic acids is 2. The third-order valence-electron chi connectivity index (χ3n) is 5.87. The number of rotatable bonds is 7. The average molecular weight is 528 g/mol. The summed E-state index contributed by atoms with van der Waals surface area (Å²) in [5, 5.41) is 4.08. The van der Waals surface area contributed by atoms with Crippen LogP contribution in [-0.4, -0.2) is 33.2 Å². The molecule has 0 aliphatic rings. The second-order valence-electron chi connectivity index (χ2n) is 8.08. The molecular formula is C27H22BrN5O2. The Hall–Kier alpha value is -4.17. The molecule has 3 aromatic heterocycles. The maximum Gasteiger partial charge on any atom is 0.255 e. The van der Waals surface area contributed by atoms with Crippen LogP contribution in [0.4, 0.5) is 5.82 Å². The van der Waals surface area contributed by atoms with Gasteiger partial charge in [0.05, 0.1) is 17.0 Å². The summed E-state index contributed by atoms with van der Waals surface area (Å²) in [4.78, 5) is 37.3. The summed E-state index contributed by atoms with van der Waals surface area (Å²) in [5.74, 6) is -0.521. The molecule has 0 unspecified atom stereocenters. The molecule has 1 amide bonds. The van der Waals surface area contributed by atoms with E-state index >= 15 is 0 Å². The van der Waals surface area contributed by atoms with Gasteiger partial charge in [0, 0.05) is 45.4 Å². The van der Waals surface area contributed by atoms with Crippen LogP contribution in [0, 0.1) is 0 Å². The van der Waals surface area contributed by atoms with E-state index in [4.69, 9.17) is 5.73 Å². The number of nitrogens with zero attached hydrogens (tertiary/aromatic N) is 1. The van der Waals surface area contributed by atoms with Gasteiger partial charge in [-0.1, -0.05) is 40.2 Å². The number of carbonyl (C=O) groups is 2. The van der Waals surface area contributed by atoms with Crippen LogP contribution in [0.2, 0.25) is 0 Å². The predicted octanol–water partition coefficient (Wildman–Crippen LogP) is 5.11.